The lowest BCUT2D eigenvalue weighted by Crippen LogP contribution is -2.01. The Hall–Kier alpha value is -8.38. The van der Waals surface area contributed by atoms with Gasteiger partial charge in [0, 0.05) is 56.9 Å². The van der Waals surface area contributed by atoms with E-state index < -0.39 is 23.3 Å². The van der Waals surface area contributed by atoms with E-state index in [2.05, 4.69) is 9.97 Å². The van der Waals surface area contributed by atoms with Crippen LogP contribution in [0.15, 0.2) is 170 Å². The summed E-state index contributed by atoms with van der Waals surface area (Å²) in [6.07, 6.45) is 5.37. The Kier molecular flexibility index (Phi) is 8.70. The molecule has 0 aliphatic rings. The molecular weight excluding hydrogens is 793 g/mol. The Bertz CT molecular complexity index is 3320. The van der Waals surface area contributed by atoms with E-state index in [1.807, 2.05) is 133 Å². The molecule has 6 aromatic carbocycles. The van der Waals surface area contributed by atoms with Crippen LogP contribution >= 0.6 is 0 Å². The molecule has 62 heavy (non-hydrogen) atoms. The Morgan fingerprint density at radius 2 is 0.774 bits per heavy atom. The van der Waals surface area contributed by atoms with Gasteiger partial charge in [-0.05, 0) is 60.7 Å². The molecule has 0 radical (unpaired) electrons. The smallest absolute Gasteiger partial charge is 0.174 e. The van der Waals surface area contributed by atoms with Crippen molar-refractivity contribution in [2.45, 2.75) is 0 Å². The van der Waals surface area contributed by atoms with Crippen LogP contribution in [0.25, 0.3) is 77.8 Å². The molecule has 0 N–H and O–H groups in total. The first-order valence-corrected chi connectivity index (χ1v) is 19.4. The minimum Gasteiger partial charge on any atom is -0.457 e. The second-order valence-electron chi connectivity index (χ2n) is 14.5. The fraction of sp³-hybridized carbons (Fsp3) is 0. The number of rotatable bonds is 8. The lowest BCUT2D eigenvalue weighted by molar-refractivity contribution is 0.483. The van der Waals surface area contributed by atoms with Crippen molar-refractivity contribution in [1.82, 2.24) is 29.1 Å². The Morgan fingerprint density at radius 1 is 0.355 bits per heavy atom. The molecule has 0 spiro atoms. The van der Waals surface area contributed by atoms with E-state index in [0.717, 1.165) is 68.2 Å². The first-order valence-electron chi connectivity index (χ1n) is 19.4. The lowest BCUT2D eigenvalue weighted by Gasteiger charge is -2.11. The highest BCUT2D eigenvalue weighted by atomic mass is 19.1. The van der Waals surface area contributed by atoms with Crippen LogP contribution in [0.2, 0.25) is 0 Å². The maximum atomic E-state index is 15.1. The number of nitrogens with zero attached hydrogens (tertiary/aromatic N) is 6. The molecule has 0 atom stereocenters. The minimum atomic E-state index is -0.781. The minimum absolute atomic E-state index is 0.0171. The molecule has 11 aromatic rings. The normalized spacial score (nSPS) is 11.5. The Labute approximate surface area is 349 Å². The summed E-state index contributed by atoms with van der Waals surface area (Å²) >= 11 is 0. The molecule has 0 saturated heterocycles. The maximum Gasteiger partial charge on any atom is 0.174 e. The molecular formula is C50H28F4N6O2. The van der Waals surface area contributed by atoms with Gasteiger partial charge >= 0.3 is 0 Å². The molecule has 12 heteroatoms. The number of benzene rings is 6. The van der Waals surface area contributed by atoms with Crippen LogP contribution in [-0.2, 0) is 0 Å². The van der Waals surface area contributed by atoms with Crippen molar-refractivity contribution >= 4 is 43.6 Å². The number of hydrogen-bond acceptors (Lipinski definition) is 6. The number of fused-ring (bicyclic) bond motifs is 6. The molecule has 5 heterocycles. The van der Waals surface area contributed by atoms with E-state index in [1.165, 1.54) is 0 Å². The molecule has 298 valence electrons. The van der Waals surface area contributed by atoms with E-state index in [0.29, 0.717) is 45.4 Å². The van der Waals surface area contributed by atoms with Crippen molar-refractivity contribution in [3.63, 3.8) is 0 Å². The van der Waals surface area contributed by atoms with Gasteiger partial charge in [0.25, 0.3) is 0 Å². The summed E-state index contributed by atoms with van der Waals surface area (Å²) in [6.45, 7) is 0. The Morgan fingerprint density at radius 3 is 1.21 bits per heavy atom. The predicted molar refractivity (Wildman–Crippen MR) is 230 cm³/mol. The molecule has 0 saturated carbocycles. The number of aromatic nitrogens is 6. The number of pyridine rings is 2. The summed E-state index contributed by atoms with van der Waals surface area (Å²) in [7, 11) is 0. The largest absolute Gasteiger partial charge is 0.457 e. The van der Waals surface area contributed by atoms with Crippen molar-refractivity contribution in [2.24, 2.45) is 0 Å². The first-order chi connectivity index (χ1) is 30.3. The number of para-hydroxylation sites is 2. The quantitative estimate of drug-likeness (QED) is 0.142. The highest BCUT2D eigenvalue weighted by molar-refractivity contribution is 6.10. The van der Waals surface area contributed by atoms with Crippen molar-refractivity contribution in [3.8, 4) is 57.1 Å². The van der Waals surface area contributed by atoms with Gasteiger partial charge in [-0.1, -0.05) is 60.7 Å². The van der Waals surface area contributed by atoms with Crippen molar-refractivity contribution in [3.05, 3.63) is 194 Å². The fourth-order valence-electron chi connectivity index (χ4n) is 7.96. The maximum absolute atomic E-state index is 15.1. The first kappa shape index (κ1) is 36.7. The molecule has 5 aromatic heterocycles. The zero-order valence-corrected chi connectivity index (χ0v) is 32.2. The van der Waals surface area contributed by atoms with Crippen LogP contribution in [0.4, 0.5) is 17.6 Å². The van der Waals surface area contributed by atoms with Crippen molar-refractivity contribution in [1.29, 1.82) is 0 Å². The summed E-state index contributed by atoms with van der Waals surface area (Å²) in [5, 5.41) is 3.50. The number of hydrogen-bond donors (Lipinski definition) is 0. The van der Waals surface area contributed by atoms with Crippen molar-refractivity contribution < 1.29 is 27.0 Å². The molecule has 0 amide bonds. The predicted octanol–water partition coefficient (Wildman–Crippen LogP) is 12.9. The third-order valence-electron chi connectivity index (χ3n) is 10.7. The zero-order chi connectivity index (χ0) is 41.9. The molecule has 0 unspecified atom stereocenters. The van der Waals surface area contributed by atoms with E-state index in [1.54, 1.807) is 21.5 Å². The average Bonchev–Trinajstić information content (AvgIpc) is 3.79. The van der Waals surface area contributed by atoms with Gasteiger partial charge in [-0.25, -0.2) is 27.5 Å². The summed E-state index contributed by atoms with van der Waals surface area (Å²) in [4.78, 5) is 17.6. The summed E-state index contributed by atoms with van der Waals surface area (Å²) in [5.41, 5.74) is 5.53. The topological polar surface area (TPSA) is 79.9 Å². The molecule has 0 aliphatic heterocycles. The number of ether oxygens (including phenoxy) is 2. The fourth-order valence-corrected chi connectivity index (χ4v) is 7.96. The lowest BCUT2D eigenvalue weighted by atomic mass is 10.1. The molecule has 8 nitrogen and oxygen atoms in total. The summed E-state index contributed by atoms with van der Waals surface area (Å²) in [6, 6.07) is 42.8. The molecule has 0 fully saturated rings. The molecule has 11 rings (SSSR count). The van der Waals surface area contributed by atoms with Crippen LogP contribution in [0.3, 0.4) is 0 Å². The van der Waals surface area contributed by atoms with Crippen LogP contribution in [0.1, 0.15) is 0 Å². The van der Waals surface area contributed by atoms with Gasteiger partial charge in [0.05, 0.1) is 58.2 Å². The third kappa shape index (κ3) is 6.41. The van der Waals surface area contributed by atoms with Crippen LogP contribution in [-0.4, -0.2) is 29.1 Å². The van der Waals surface area contributed by atoms with E-state index >= 15 is 8.78 Å². The third-order valence-corrected chi connectivity index (χ3v) is 10.7. The van der Waals surface area contributed by atoms with E-state index in [4.69, 9.17) is 19.4 Å². The monoisotopic (exact) mass is 820 g/mol. The Balaban J connectivity index is 0.854. The van der Waals surface area contributed by atoms with Gasteiger partial charge in [0.15, 0.2) is 23.3 Å². The highest BCUT2D eigenvalue weighted by Gasteiger charge is 2.19. The van der Waals surface area contributed by atoms with Gasteiger partial charge in [0.1, 0.15) is 34.6 Å². The second kappa shape index (κ2) is 14.7. The number of halogens is 4. The standard InChI is InChI=1S/C50H28F4N6O2/c51-31-21-41(53)49(57-25-31)59-45-13-3-1-11-37(45)39-17-15-35(23-47(39)59)61-33-9-5-7-29(19-33)43-27-56-44(28-55-43)30-8-6-10-34(20-30)62-36-16-18-40-38-12-2-4-14-46(38)60(48(40)24-36)50-42(54)22-32(52)26-58-50/h1-28H. The average molecular weight is 821 g/mol. The van der Waals surface area contributed by atoms with Gasteiger partial charge in [0.2, 0.25) is 0 Å². The van der Waals surface area contributed by atoms with Gasteiger partial charge in [-0.3, -0.25) is 19.1 Å². The SMILES string of the molecule is Fc1cnc(-n2c3ccccc3c3ccc(Oc4cccc(-c5cnc(-c6cccc(Oc7ccc8c9ccccc9n(-c9ncc(F)cc9F)c8c7)c6)cn5)c4)cc32)c(F)c1. The summed E-state index contributed by atoms with van der Waals surface area (Å²) in [5.74, 6) is -1.01. The molecule has 0 aliphatic carbocycles. The van der Waals surface area contributed by atoms with E-state index in [9.17, 15) is 8.78 Å². The van der Waals surface area contributed by atoms with Crippen LogP contribution < -0.4 is 9.47 Å². The van der Waals surface area contributed by atoms with Gasteiger partial charge < -0.3 is 9.47 Å². The van der Waals surface area contributed by atoms with Crippen LogP contribution in [0, 0.1) is 23.3 Å². The molecule has 0 bridgehead atoms. The van der Waals surface area contributed by atoms with Gasteiger partial charge in [-0.2, -0.15) is 0 Å². The zero-order valence-electron chi connectivity index (χ0n) is 32.2. The summed E-state index contributed by atoms with van der Waals surface area (Å²) < 4.78 is 73.8. The van der Waals surface area contributed by atoms with E-state index in [-0.39, 0.29) is 11.6 Å². The highest BCUT2D eigenvalue weighted by Crippen LogP contribution is 2.38. The van der Waals surface area contributed by atoms with Crippen molar-refractivity contribution in [2.75, 3.05) is 0 Å². The van der Waals surface area contributed by atoms with Gasteiger partial charge in [-0.15, -0.1) is 0 Å². The van der Waals surface area contributed by atoms with Crippen LogP contribution in [0.5, 0.6) is 23.0 Å². The second-order valence-corrected chi connectivity index (χ2v) is 14.5.